The van der Waals surface area contributed by atoms with Gasteiger partial charge in [-0.3, -0.25) is 9.59 Å². The molecule has 1 fully saturated rings. The van der Waals surface area contributed by atoms with E-state index >= 15 is 0 Å². The number of carbonyl (C=O) groups excluding carboxylic acids is 2. The van der Waals surface area contributed by atoms with Gasteiger partial charge in [0.2, 0.25) is 11.8 Å². The summed E-state index contributed by atoms with van der Waals surface area (Å²) in [5.74, 6) is -0.138. The zero-order valence-corrected chi connectivity index (χ0v) is 15.9. The van der Waals surface area contributed by atoms with Crippen molar-refractivity contribution in [3.05, 3.63) is 58.6 Å². The molecule has 2 aromatic rings. The molecule has 25 heavy (non-hydrogen) atoms. The van der Waals surface area contributed by atoms with Crippen LogP contribution in [0.4, 0.5) is 11.4 Å². The van der Waals surface area contributed by atoms with Gasteiger partial charge in [0.15, 0.2) is 0 Å². The Bertz CT molecular complexity index is 804. The summed E-state index contributed by atoms with van der Waals surface area (Å²) in [5.41, 5.74) is 2.75. The highest BCUT2D eigenvalue weighted by Crippen LogP contribution is 2.29. The molecular weight excluding hydrogens is 380 g/mol. The predicted octanol–water partition coefficient (Wildman–Crippen LogP) is 4.56. The average molecular weight is 401 g/mol. The highest BCUT2D eigenvalue weighted by atomic mass is 79.9. The first-order valence-corrected chi connectivity index (χ1v) is 9.20. The third kappa shape index (κ3) is 3.93. The van der Waals surface area contributed by atoms with Gasteiger partial charge in [0.05, 0.1) is 5.92 Å². The largest absolute Gasteiger partial charge is 0.326 e. The van der Waals surface area contributed by atoms with Gasteiger partial charge in [-0.15, -0.1) is 0 Å². The molecule has 3 rings (SSSR count). The Morgan fingerprint density at radius 2 is 1.96 bits per heavy atom. The van der Waals surface area contributed by atoms with Gasteiger partial charge >= 0.3 is 0 Å². The van der Waals surface area contributed by atoms with Crippen LogP contribution in [0.3, 0.4) is 0 Å². The van der Waals surface area contributed by atoms with Crippen LogP contribution in [-0.2, 0) is 9.59 Å². The lowest BCUT2D eigenvalue weighted by Gasteiger charge is -2.18. The zero-order valence-electron chi connectivity index (χ0n) is 14.3. The summed E-state index contributed by atoms with van der Waals surface area (Å²) in [6.07, 6.45) is 0.238. The molecule has 1 unspecified atom stereocenters. The molecule has 130 valence electrons. The van der Waals surface area contributed by atoms with E-state index in [0.717, 1.165) is 21.4 Å². The second-order valence-corrected chi connectivity index (χ2v) is 7.53. The van der Waals surface area contributed by atoms with E-state index in [1.54, 1.807) is 4.90 Å². The van der Waals surface area contributed by atoms with Crippen LogP contribution in [0.15, 0.2) is 53.0 Å². The Morgan fingerprint density at radius 3 is 2.68 bits per heavy atom. The molecule has 5 heteroatoms. The van der Waals surface area contributed by atoms with Crippen LogP contribution in [-0.4, -0.2) is 18.4 Å². The van der Waals surface area contributed by atoms with Gasteiger partial charge in [0, 0.05) is 28.8 Å². The van der Waals surface area contributed by atoms with Crippen LogP contribution in [0.1, 0.15) is 31.7 Å². The van der Waals surface area contributed by atoms with Gasteiger partial charge in [-0.25, -0.2) is 0 Å². The van der Waals surface area contributed by atoms with E-state index < -0.39 is 0 Å². The highest BCUT2D eigenvalue weighted by molar-refractivity contribution is 9.10. The molecule has 1 aliphatic rings. The smallest absolute Gasteiger partial charge is 0.229 e. The van der Waals surface area contributed by atoms with E-state index in [9.17, 15) is 9.59 Å². The molecule has 2 aromatic carbocycles. The Morgan fingerprint density at radius 1 is 1.20 bits per heavy atom. The molecule has 1 heterocycles. The Balaban J connectivity index is 1.73. The van der Waals surface area contributed by atoms with Gasteiger partial charge in [0.1, 0.15) is 0 Å². The molecule has 0 radical (unpaired) electrons. The lowest BCUT2D eigenvalue weighted by atomic mass is 10.0. The molecule has 4 nitrogen and oxygen atoms in total. The van der Waals surface area contributed by atoms with Crippen LogP contribution in [0, 0.1) is 5.92 Å². The summed E-state index contributed by atoms with van der Waals surface area (Å²) in [6, 6.07) is 15.4. The number of halogens is 1. The van der Waals surface area contributed by atoms with E-state index in [4.69, 9.17) is 0 Å². The van der Waals surface area contributed by atoms with Gasteiger partial charge in [0.25, 0.3) is 0 Å². The first-order valence-electron chi connectivity index (χ1n) is 8.41. The Kier molecular flexibility index (Phi) is 5.23. The monoisotopic (exact) mass is 400 g/mol. The third-order valence-electron chi connectivity index (χ3n) is 4.46. The standard InChI is InChI=1S/C20H21BrN2O2/c1-13(2)17-8-3-4-9-18(17)22-20(25)14-10-19(24)23(12-14)16-7-5-6-15(21)11-16/h3-9,11,13-14H,10,12H2,1-2H3,(H,22,25). The van der Waals surface area contributed by atoms with Crippen molar-refractivity contribution < 1.29 is 9.59 Å². The number of amides is 2. The van der Waals surface area contributed by atoms with Crippen molar-refractivity contribution in [1.29, 1.82) is 0 Å². The maximum Gasteiger partial charge on any atom is 0.229 e. The molecule has 1 aliphatic heterocycles. The van der Waals surface area contributed by atoms with Gasteiger partial charge < -0.3 is 10.2 Å². The topological polar surface area (TPSA) is 49.4 Å². The molecule has 0 saturated carbocycles. The minimum absolute atomic E-state index is 0.0182. The van der Waals surface area contributed by atoms with E-state index in [1.165, 1.54) is 0 Å². The molecule has 1 saturated heterocycles. The molecule has 0 aliphatic carbocycles. The second kappa shape index (κ2) is 7.40. The highest BCUT2D eigenvalue weighted by Gasteiger charge is 2.35. The Hall–Kier alpha value is -2.14. The van der Waals surface area contributed by atoms with E-state index in [2.05, 4.69) is 35.1 Å². The third-order valence-corrected chi connectivity index (χ3v) is 4.95. The van der Waals surface area contributed by atoms with Gasteiger partial charge in [-0.2, -0.15) is 0 Å². The summed E-state index contributed by atoms with van der Waals surface area (Å²) in [5, 5.41) is 3.01. The van der Waals surface area contributed by atoms with Crippen molar-refractivity contribution >= 4 is 39.1 Å². The number of hydrogen-bond donors (Lipinski definition) is 1. The number of carbonyl (C=O) groups is 2. The summed E-state index contributed by atoms with van der Waals surface area (Å²) in [7, 11) is 0. The minimum Gasteiger partial charge on any atom is -0.326 e. The molecule has 0 aromatic heterocycles. The maximum atomic E-state index is 12.7. The first kappa shape index (κ1) is 17.7. The fraction of sp³-hybridized carbons (Fsp3) is 0.300. The van der Waals surface area contributed by atoms with E-state index in [1.807, 2.05) is 48.5 Å². The molecule has 0 spiro atoms. The second-order valence-electron chi connectivity index (χ2n) is 6.62. The summed E-state index contributed by atoms with van der Waals surface area (Å²) < 4.78 is 0.913. The zero-order chi connectivity index (χ0) is 18.0. The number of rotatable bonds is 4. The normalized spacial score (nSPS) is 17.2. The lowest BCUT2D eigenvalue weighted by molar-refractivity contribution is -0.122. The van der Waals surface area contributed by atoms with Crippen LogP contribution in [0.2, 0.25) is 0 Å². The summed E-state index contributed by atoms with van der Waals surface area (Å²) in [4.78, 5) is 26.7. The Labute approximate surface area is 156 Å². The number of nitrogens with zero attached hydrogens (tertiary/aromatic N) is 1. The average Bonchev–Trinajstić information content (AvgIpc) is 2.97. The molecule has 0 bridgehead atoms. The SMILES string of the molecule is CC(C)c1ccccc1NC(=O)C1CC(=O)N(c2cccc(Br)c2)C1. The van der Waals surface area contributed by atoms with Crippen LogP contribution in [0.25, 0.3) is 0 Å². The van der Waals surface area contributed by atoms with Gasteiger partial charge in [-0.05, 0) is 35.7 Å². The van der Waals surface area contributed by atoms with Crippen molar-refractivity contribution in [3.63, 3.8) is 0 Å². The number of anilines is 2. The summed E-state index contributed by atoms with van der Waals surface area (Å²) in [6.45, 7) is 4.60. The molecular formula is C20H21BrN2O2. The van der Waals surface area contributed by atoms with E-state index in [0.29, 0.717) is 12.5 Å². The molecule has 1 N–H and O–H groups in total. The van der Waals surface area contributed by atoms with Crippen molar-refractivity contribution in [2.24, 2.45) is 5.92 Å². The fourth-order valence-electron chi connectivity index (χ4n) is 3.13. The van der Waals surface area contributed by atoms with Crippen LogP contribution in [0.5, 0.6) is 0 Å². The minimum atomic E-state index is -0.341. The van der Waals surface area contributed by atoms with Crippen molar-refractivity contribution in [2.75, 3.05) is 16.8 Å². The molecule has 1 atom stereocenters. The van der Waals surface area contributed by atoms with Gasteiger partial charge in [-0.1, -0.05) is 54.0 Å². The quantitative estimate of drug-likeness (QED) is 0.817. The first-order chi connectivity index (χ1) is 12.0. The van der Waals surface area contributed by atoms with E-state index in [-0.39, 0.29) is 24.2 Å². The van der Waals surface area contributed by atoms with Crippen LogP contribution >= 0.6 is 15.9 Å². The van der Waals surface area contributed by atoms with Crippen molar-refractivity contribution in [1.82, 2.24) is 0 Å². The summed E-state index contributed by atoms with van der Waals surface area (Å²) >= 11 is 3.42. The van der Waals surface area contributed by atoms with Crippen molar-refractivity contribution in [3.8, 4) is 0 Å². The number of benzene rings is 2. The number of para-hydroxylation sites is 1. The molecule has 2 amide bonds. The number of nitrogens with one attached hydrogen (secondary N) is 1. The van der Waals surface area contributed by atoms with Crippen LogP contribution < -0.4 is 10.2 Å². The maximum absolute atomic E-state index is 12.7. The predicted molar refractivity (Wildman–Crippen MR) is 104 cm³/mol. The number of hydrogen-bond acceptors (Lipinski definition) is 2. The van der Waals surface area contributed by atoms with Crippen molar-refractivity contribution in [2.45, 2.75) is 26.2 Å². The fourth-order valence-corrected chi connectivity index (χ4v) is 3.51. The lowest BCUT2D eigenvalue weighted by Crippen LogP contribution is -2.28.